The first-order valence-corrected chi connectivity index (χ1v) is 7.66. The largest absolute Gasteiger partial charge is 0.488 e. The Hall–Kier alpha value is -1.75. The zero-order chi connectivity index (χ0) is 15.1. The van der Waals surface area contributed by atoms with Crippen LogP contribution >= 0.6 is 15.9 Å². The number of hydrogen-bond donors (Lipinski definition) is 1. The number of fused-ring (bicyclic) bond motifs is 1. The van der Waals surface area contributed by atoms with Crippen molar-refractivity contribution in [1.82, 2.24) is 4.57 Å². The summed E-state index contributed by atoms with van der Waals surface area (Å²) in [5.41, 5.74) is 9.67. The number of nitrogen functional groups attached to an aromatic ring is 1. The van der Waals surface area contributed by atoms with Crippen LogP contribution in [0.4, 0.5) is 5.69 Å². The molecule has 0 bridgehead atoms. The monoisotopic (exact) mass is 348 g/mol. The van der Waals surface area contributed by atoms with Gasteiger partial charge in [0.05, 0.1) is 16.7 Å². The topological polar surface area (TPSA) is 57.2 Å². The Balaban J connectivity index is 1.86. The summed E-state index contributed by atoms with van der Waals surface area (Å²) in [7, 11) is 0. The van der Waals surface area contributed by atoms with Gasteiger partial charge in [-0.1, -0.05) is 17.7 Å². The zero-order valence-corrected chi connectivity index (χ0v) is 13.6. The molecule has 1 aromatic carbocycles. The Morgan fingerprint density at radius 3 is 2.95 bits per heavy atom. The Morgan fingerprint density at radius 1 is 1.43 bits per heavy atom. The van der Waals surface area contributed by atoms with Crippen molar-refractivity contribution in [1.29, 1.82) is 0 Å². The highest BCUT2D eigenvalue weighted by atomic mass is 79.9. The van der Waals surface area contributed by atoms with Gasteiger partial charge < -0.3 is 15.0 Å². The first-order chi connectivity index (χ1) is 9.95. The lowest BCUT2D eigenvalue weighted by Crippen LogP contribution is -2.30. The van der Waals surface area contributed by atoms with Gasteiger partial charge in [-0.2, -0.15) is 0 Å². The van der Waals surface area contributed by atoms with Gasteiger partial charge in [-0.25, -0.2) is 0 Å². The number of pyridine rings is 1. The SMILES string of the molecule is Cc1ccc2c(c1)CC(Cn1cc(N)c(C)c(Br)c1=O)O2. The van der Waals surface area contributed by atoms with E-state index in [0.717, 1.165) is 17.7 Å². The number of anilines is 1. The molecule has 2 aromatic rings. The fourth-order valence-corrected chi connectivity index (χ4v) is 3.10. The quantitative estimate of drug-likeness (QED) is 0.907. The lowest BCUT2D eigenvalue weighted by molar-refractivity contribution is 0.207. The minimum absolute atomic E-state index is 0.0338. The van der Waals surface area contributed by atoms with E-state index in [-0.39, 0.29) is 11.7 Å². The van der Waals surface area contributed by atoms with Crippen molar-refractivity contribution in [2.45, 2.75) is 32.9 Å². The van der Waals surface area contributed by atoms with E-state index in [1.807, 2.05) is 19.1 Å². The molecule has 0 fully saturated rings. The molecule has 0 saturated heterocycles. The minimum atomic E-state index is -0.0718. The van der Waals surface area contributed by atoms with Crippen LogP contribution in [0.15, 0.2) is 33.7 Å². The maximum atomic E-state index is 12.3. The highest BCUT2D eigenvalue weighted by molar-refractivity contribution is 9.10. The van der Waals surface area contributed by atoms with Crippen LogP contribution in [0, 0.1) is 13.8 Å². The fourth-order valence-electron chi connectivity index (χ4n) is 2.64. The van der Waals surface area contributed by atoms with Crippen molar-refractivity contribution in [2.75, 3.05) is 5.73 Å². The normalized spacial score (nSPS) is 16.6. The van der Waals surface area contributed by atoms with E-state index in [1.165, 1.54) is 11.1 Å². The Kier molecular flexibility index (Phi) is 3.53. The first kappa shape index (κ1) is 14.2. The van der Waals surface area contributed by atoms with Gasteiger partial charge >= 0.3 is 0 Å². The van der Waals surface area contributed by atoms with Gasteiger partial charge in [0, 0.05) is 12.6 Å². The molecule has 2 N–H and O–H groups in total. The molecule has 5 heteroatoms. The summed E-state index contributed by atoms with van der Waals surface area (Å²) < 4.78 is 8.06. The number of nitrogens with two attached hydrogens (primary N) is 1. The zero-order valence-electron chi connectivity index (χ0n) is 12.0. The number of rotatable bonds is 2. The third-order valence-electron chi connectivity index (χ3n) is 3.86. The van der Waals surface area contributed by atoms with Crippen LogP contribution in [0.1, 0.15) is 16.7 Å². The van der Waals surface area contributed by atoms with Crippen molar-refractivity contribution in [2.24, 2.45) is 0 Å². The van der Waals surface area contributed by atoms with E-state index in [2.05, 4.69) is 28.9 Å². The molecule has 1 unspecified atom stereocenters. The van der Waals surface area contributed by atoms with Gasteiger partial charge in [-0.05, 0) is 47.0 Å². The Morgan fingerprint density at radius 2 is 2.19 bits per heavy atom. The molecule has 4 nitrogen and oxygen atoms in total. The third kappa shape index (κ3) is 2.58. The predicted molar refractivity (Wildman–Crippen MR) is 86.9 cm³/mol. The second kappa shape index (κ2) is 5.22. The van der Waals surface area contributed by atoms with Crippen LogP contribution in [-0.4, -0.2) is 10.7 Å². The first-order valence-electron chi connectivity index (χ1n) is 6.87. The van der Waals surface area contributed by atoms with Crippen LogP contribution < -0.4 is 16.0 Å². The van der Waals surface area contributed by atoms with Crippen molar-refractivity contribution in [3.05, 3.63) is 55.9 Å². The molecule has 0 amide bonds. The van der Waals surface area contributed by atoms with Crippen LogP contribution in [0.25, 0.3) is 0 Å². The van der Waals surface area contributed by atoms with Gasteiger partial charge in [-0.15, -0.1) is 0 Å². The highest BCUT2D eigenvalue weighted by Gasteiger charge is 2.24. The summed E-state index contributed by atoms with van der Waals surface area (Å²) in [6.07, 6.45) is 2.48. The number of halogens is 1. The van der Waals surface area contributed by atoms with Crippen molar-refractivity contribution >= 4 is 21.6 Å². The summed E-state index contributed by atoms with van der Waals surface area (Å²) in [6.45, 7) is 4.39. The van der Waals surface area contributed by atoms with E-state index < -0.39 is 0 Å². The van der Waals surface area contributed by atoms with E-state index in [0.29, 0.717) is 16.7 Å². The summed E-state index contributed by atoms with van der Waals surface area (Å²) in [4.78, 5) is 12.3. The van der Waals surface area contributed by atoms with Crippen LogP contribution in [-0.2, 0) is 13.0 Å². The average molecular weight is 349 g/mol. The van der Waals surface area contributed by atoms with Crippen LogP contribution in [0.2, 0.25) is 0 Å². The molecular formula is C16H17BrN2O2. The lowest BCUT2D eigenvalue weighted by Gasteiger charge is -2.15. The molecule has 0 radical (unpaired) electrons. The Labute approximate surface area is 131 Å². The predicted octanol–water partition coefficient (Wildman–Crippen LogP) is 2.81. The summed E-state index contributed by atoms with van der Waals surface area (Å²) in [5, 5.41) is 0. The molecule has 1 aromatic heterocycles. The lowest BCUT2D eigenvalue weighted by atomic mass is 10.1. The third-order valence-corrected chi connectivity index (χ3v) is 4.80. The van der Waals surface area contributed by atoms with Gasteiger partial charge in [0.2, 0.25) is 0 Å². The molecule has 0 aliphatic carbocycles. The molecule has 2 heterocycles. The number of aryl methyl sites for hydroxylation is 1. The summed E-state index contributed by atoms with van der Waals surface area (Å²) in [5.74, 6) is 0.915. The smallest absolute Gasteiger partial charge is 0.265 e. The number of ether oxygens (including phenoxy) is 1. The molecule has 1 atom stereocenters. The standard InChI is InChI=1S/C16H17BrN2O2/c1-9-3-4-14-11(5-9)6-12(21-14)7-19-8-13(18)10(2)15(17)16(19)20/h3-5,8,12H,6-7,18H2,1-2H3. The number of benzene rings is 1. The second-order valence-electron chi connectivity index (χ2n) is 5.54. The highest BCUT2D eigenvalue weighted by Crippen LogP contribution is 2.30. The molecule has 110 valence electrons. The van der Waals surface area contributed by atoms with Crippen molar-refractivity contribution in [3.63, 3.8) is 0 Å². The molecule has 3 rings (SSSR count). The van der Waals surface area contributed by atoms with Crippen LogP contribution in [0.3, 0.4) is 0 Å². The average Bonchev–Trinajstić information content (AvgIpc) is 2.84. The van der Waals surface area contributed by atoms with Crippen molar-refractivity contribution in [3.8, 4) is 5.75 Å². The fraction of sp³-hybridized carbons (Fsp3) is 0.312. The van der Waals surface area contributed by atoms with Gasteiger partial charge in [0.1, 0.15) is 11.9 Å². The molecule has 1 aliphatic heterocycles. The maximum absolute atomic E-state index is 12.3. The molecule has 0 spiro atoms. The van der Waals surface area contributed by atoms with Gasteiger partial charge in [-0.3, -0.25) is 4.79 Å². The molecular weight excluding hydrogens is 332 g/mol. The molecule has 21 heavy (non-hydrogen) atoms. The van der Waals surface area contributed by atoms with Crippen LogP contribution in [0.5, 0.6) is 5.75 Å². The Bertz CT molecular complexity index is 768. The van der Waals surface area contributed by atoms with E-state index >= 15 is 0 Å². The van der Waals surface area contributed by atoms with Crippen molar-refractivity contribution < 1.29 is 4.74 Å². The number of nitrogens with zero attached hydrogens (tertiary/aromatic N) is 1. The number of hydrogen-bond acceptors (Lipinski definition) is 3. The number of aromatic nitrogens is 1. The summed E-state index contributed by atoms with van der Waals surface area (Å²) >= 11 is 3.31. The minimum Gasteiger partial charge on any atom is -0.488 e. The van der Waals surface area contributed by atoms with E-state index in [9.17, 15) is 4.79 Å². The second-order valence-corrected chi connectivity index (χ2v) is 6.33. The van der Waals surface area contributed by atoms with Gasteiger partial charge in [0.15, 0.2) is 0 Å². The van der Waals surface area contributed by atoms with E-state index in [1.54, 1.807) is 10.8 Å². The van der Waals surface area contributed by atoms with Gasteiger partial charge in [0.25, 0.3) is 5.56 Å². The maximum Gasteiger partial charge on any atom is 0.265 e. The molecule has 0 saturated carbocycles. The summed E-state index contributed by atoms with van der Waals surface area (Å²) in [6, 6.07) is 6.16. The molecule has 1 aliphatic rings. The van der Waals surface area contributed by atoms with E-state index in [4.69, 9.17) is 10.5 Å².